The van der Waals surface area contributed by atoms with Gasteiger partial charge in [-0.05, 0) is 18.4 Å². The Morgan fingerprint density at radius 3 is 2.88 bits per heavy atom. The van der Waals surface area contributed by atoms with Crippen LogP contribution in [0.2, 0.25) is 0 Å². The first-order valence-corrected chi connectivity index (χ1v) is 5.54. The van der Waals surface area contributed by atoms with Gasteiger partial charge in [-0.25, -0.2) is 0 Å². The number of nitrogens with one attached hydrogen (secondary N) is 1. The van der Waals surface area contributed by atoms with Crippen LogP contribution >= 0.6 is 0 Å². The fraction of sp³-hybridized carbons (Fsp3) is 0.545. The van der Waals surface area contributed by atoms with Crippen LogP contribution in [0.4, 0.5) is 0 Å². The molecule has 0 fully saturated rings. The highest BCUT2D eigenvalue weighted by Crippen LogP contribution is 2.03. The Morgan fingerprint density at radius 1 is 1.53 bits per heavy atom. The maximum Gasteiger partial charge on any atom is 0.303 e. The van der Waals surface area contributed by atoms with Crippen LogP contribution in [0.3, 0.4) is 0 Å². The molecule has 1 aromatic rings. The average Bonchev–Trinajstić information content (AvgIpc) is 2.76. The van der Waals surface area contributed by atoms with Crippen LogP contribution in [0.5, 0.6) is 0 Å². The zero-order valence-corrected chi connectivity index (χ0v) is 9.80. The monoisotopic (exact) mass is 239 g/mol. The summed E-state index contributed by atoms with van der Waals surface area (Å²) in [5.41, 5.74) is 0. The lowest BCUT2D eigenvalue weighted by molar-refractivity contribution is -0.137. The van der Waals surface area contributed by atoms with Gasteiger partial charge in [0.25, 0.3) is 0 Å². The summed E-state index contributed by atoms with van der Waals surface area (Å²) in [6.45, 7) is 2.60. The summed E-state index contributed by atoms with van der Waals surface area (Å²) in [7, 11) is 0. The zero-order chi connectivity index (χ0) is 12.7. The number of carbonyl (C=O) groups excluding carboxylic acids is 1. The van der Waals surface area contributed by atoms with Crippen molar-refractivity contribution < 1.29 is 14.7 Å². The van der Waals surface area contributed by atoms with Crippen LogP contribution in [-0.2, 0) is 16.1 Å². The molecule has 0 aliphatic rings. The molecule has 1 atom stereocenters. The van der Waals surface area contributed by atoms with Crippen LogP contribution in [0.25, 0.3) is 0 Å². The third-order valence-electron chi connectivity index (χ3n) is 2.36. The summed E-state index contributed by atoms with van der Waals surface area (Å²) in [6, 6.07) is 1.75. The van der Waals surface area contributed by atoms with E-state index in [1.165, 1.54) is 4.68 Å². The van der Waals surface area contributed by atoms with Gasteiger partial charge in [-0.1, -0.05) is 6.92 Å². The molecule has 2 N–H and O–H groups in total. The van der Waals surface area contributed by atoms with Gasteiger partial charge in [0.05, 0.1) is 0 Å². The molecular weight excluding hydrogens is 222 g/mol. The highest BCUT2D eigenvalue weighted by atomic mass is 16.4. The number of carbonyl (C=O) groups is 2. The van der Waals surface area contributed by atoms with Gasteiger partial charge in [0.15, 0.2) is 0 Å². The molecule has 6 nitrogen and oxygen atoms in total. The molecule has 0 saturated heterocycles. The fourth-order valence-corrected chi connectivity index (χ4v) is 1.36. The summed E-state index contributed by atoms with van der Waals surface area (Å²) < 4.78 is 1.54. The molecule has 0 aliphatic carbocycles. The van der Waals surface area contributed by atoms with Crippen LogP contribution in [-0.4, -0.2) is 33.3 Å². The van der Waals surface area contributed by atoms with E-state index in [0.717, 1.165) is 0 Å². The van der Waals surface area contributed by atoms with E-state index < -0.39 is 5.97 Å². The number of nitrogens with zero attached hydrogens (tertiary/aromatic N) is 2. The van der Waals surface area contributed by atoms with Crippen molar-refractivity contribution >= 4 is 11.9 Å². The predicted molar refractivity (Wildman–Crippen MR) is 61.3 cm³/mol. The maximum absolute atomic E-state index is 11.5. The molecule has 0 saturated carbocycles. The molecule has 0 radical (unpaired) electrons. The standard InChI is InChI=1S/C11H17N3O3/c1-9(3-4-11(16)17)7-12-10(15)8-14-6-2-5-13-14/h2,5-6,9H,3-4,7-8H2,1H3,(H,12,15)(H,16,17). The predicted octanol–water partition coefficient (Wildman–Crippen LogP) is 0.500. The van der Waals surface area contributed by atoms with E-state index in [9.17, 15) is 9.59 Å². The second-order valence-electron chi connectivity index (χ2n) is 4.05. The molecule has 1 amide bonds. The molecule has 1 rings (SSSR count). The normalized spacial score (nSPS) is 12.1. The number of rotatable bonds is 7. The van der Waals surface area contributed by atoms with Crippen molar-refractivity contribution in [2.45, 2.75) is 26.3 Å². The van der Waals surface area contributed by atoms with Crippen molar-refractivity contribution in [1.29, 1.82) is 0 Å². The van der Waals surface area contributed by atoms with Gasteiger partial charge in [0.1, 0.15) is 6.54 Å². The third-order valence-corrected chi connectivity index (χ3v) is 2.36. The number of carboxylic acids is 1. The molecule has 0 spiro atoms. The first kappa shape index (κ1) is 13.2. The van der Waals surface area contributed by atoms with Crippen molar-refractivity contribution in [2.24, 2.45) is 5.92 Å². The Labute approximate surface area is 99.6 Å². The van der Waals surface area contributed by atoms with E-state index in [1.54, 1.807) is 18.5 Å². The van der Waals surface area contributed by atoms with Crippen molar-refractivity contribution in [3.63, 3.8) is 0 Å². The third kappa shape index (κ3) is 5.70. The second kappa shape index (κ2) is 6.67. The molecule has 94 valence electrons. The number of carboxylic acid groups (broad SMARTS) is 1. The van der Waals surface area contributed by atoms with Crippen LogP contribution in [0.15, 0.2) is 18.5 Å². The molecule has 1 unspecified atom stereocenters. The van der Waals surface area contributed by atoms with Crippen molar-refractivity contribution in [3.8, 4) is 0 Å². The second-order valence-corrected chi connectivity index (χ2v) is 4.05. The molecule has 17 heavy (non-hydrogen) atoms. The van der Waals surface area contributed by atoms with Crippen LogP contribution in [0, 0.1) is 5.92 Å². The summed E-state index contributed by atoms with van der Waals surface area (Å²) >= 11 is 0. The summed E-state index contributed by atoms with van der Waals surface area (Å²) in [5.74, 6) is -0.761. The highest BCUT2D eigenvalue weighted by molar-refractivity contribution is 5.75. The van der Waals surface area contributed by atoms with E-state index >= 15 is 0 Å². The maximum atomic E-state index is 11.5. The van der Waals surface area contributed by atoms with Gasteiger partial charge in [-0.15, -0.1) is 0 Å². The molecule has 1 heterocycles. The largest absolute Gasteiger partial charge is 0.481 e. The average molecular weight is 239 g/mol. The summed E-state index contributed by atoms with van der Waals surface area (Å²) in [4.78, 5) is 21.8. The van der Waals surface area contributed by atoms with E-state index in [2.05, 4.69) is 10.4 Å². The smallest absolute Gasteiger partial charge is 0.303 e. The van der Waals surface area contributed by atoms with Gasteiger partial charge < -0.3 is 10.4 Å². The van der Waals surface area contributed by atoms with Crippen LogP contribution in [0.1, 0.15) is 19.8 Å². The van der Waals surface area contributed by atoms with E-state index in [0.29, 0.717) is 13.0 Å². The van der Waals surface area contributed by atoms with Gasteiger partial charge in [0, 0.05) is 25.4 Å². The Morgan fingerprint density at radius 2 is 2.29 bits per heavy atom. The number of aliphatic carboxylic acids is 1. The van der Waals surface area contributed by atoms with Crippen LogP contribution < -0.4 is 5.32 Å². The lowest BCUT2D eigenvalue weighted by atomic mass is 10.1. The van der Waals surface area contributed by atoms with Crippen molar-refractivity contribution in [1.82, 2.24) is 15.1 Å². The van der Waals surface area contributed by atoms with Gasteiger partial charge in [-0.2, -0.15) is 5.10 Å². The fourth-order valence-electron chi connectivity index (χ4n) is 1.36. The minimum atomic E-state index is -0.806. The number of amides is 1. The molecular formula is C11H17N3O3. The molecule has 0 aromatic carbocycles. The Balaban J connectivity index is 2.17. The molecule has 0 bridgehead atoms. The first-order valence-electron chi connectivity index (χ1n) is 5.54. The summed E-state index contributed by atoms with van der Waals surface area (Å²) in [6.07, 6.45) is 4.03. The minimum absolute atomic E-state index is 0.115. The zero-order valence-electron chi connectivity index (χ0n) is 9.80. The van der Waals surface area contributed by atoms with E-state index in [-0.39, 0.29) is 24.8 Å². The quantitative estimate of drug-likeness (QED) is 0.725. The SMILES string of the molecule is CC(CCC(=O)O)CNC(=O)Cn1cccn1. The van der Waals surface area contributed by atoms with Gasteiger partial charge >= 0.3 is 5.97 Å². The number of hydrogen-bond donors (Lipinski definition) is 2. The first-order chi connectivity index (χ1) is 8.08. The molecule has 6 heteroatoms. The Kier molecular flexibility index (Phi) is 5.19. The van der Waals surface area contributed by atoms with Gasteiger partial charge in [0.2, 0.25) is 5.91 Å². The topological polar surface area (TPSA) is 84.2 Å². The molecule has 1 aromatic heterocycles. The number of hydrogen-bond acceptors (Lipinski definition) is 3. The summed E-state index contributed by atoms with van der Waals surface area (Å²) in [5, 5.41) is 15.2. The lowest BCUT2D eigenvalue weighted by Crippen LogP contribution is -2.31. The Hall–Kier alpha value is -1.85. The highest BCUT2D eigenvalue weighted by Gasteiger charge is 2.08. The van der Waals surface area contributed by atoms with E-state index in [1.807, 2.05) is 6.92 Å². The van der Waals surface area contributed by atoms with Gasteiger partial charge in [-0.3, -0.25) is 14.3 Å². The Bertz CT molecular complexity index is 362. The molecule has 0 aliphatic heterocycles. The van der Waals surface area contributed by atoms with Crippen molar-refractivity contribution in [3.05, 3.63) is 18.5 Å². The minimum Gasteiger partial charge on any atom is -0.481 e. The number of aromatic nitrogens is 2. The van der Waals surface area contributed by atoms with E-state index in [4.69, 9.17) is 5.11 Å². The lowest BCUT2D eigenvalue weighted by Gasteiger charge is -2.11. The van der Waals surface area contributed by atoms with Crippen molar-refractivity contribution in [2.75, 3.05) is 6.54 Å².